The van der Waals surface area contributed by atoms with Crippen LogP contribution in [-0.2, 0) is 24.2 Å². The number of benzene rings is 1. The molecule has 0 unspecified atom stereocenters. The standard InChI is InChI=1S/C20H25ClN4O2S/c1-24(2)11-12-25-17-6-4-3-5-16(17)19(23-20(25)27)28-13-18(26)22-15-9-7-14(21)8-10-15/h7-10H,3-6,11-13H2,1-2H3,(H,22,26). The molecule has 0 radical (unpaired) electrons. The van der Waals surface area contributed by atoms with Crippen LogP contribution in [0.5, 0.6) is 0 Å². The number of amides is 1. The van der Waals surface area contributed by atoms with Crippen molar-refractivity contribution in [1.82, 2.24) is 14.5 Å². The van der Waals surface area contributed by atoms with E-state index in [0.29, 0.717) is 22.3 Å². The van der Waals surface area contributed by atoms with E-state index in [9.17, 15) is 9.59 Å². The number of hydrogen-bond donors (Lipinski definition) is 1. The average molecular weight is 421 g/mol. The Morgan fingerprint density at radius 3 is 2.68 bits per heavy atom. The molecule has 1 heterocycles. The second-order valence-electron chi connectivity index (χ2n) is 7.13. The number of halogens is 1. The third-order valence-corrected chi connectivity index (χ3v) is 5.96. The van der Waals surface area contributed by atoms with Crippen molar-refractivity contribution >= 4 is 35.0 Å². The maximum Gasteiger partial charge on any atom is 0.348 e. The zero-order valence-corrected chi connectivity index (χ0v) is 17.8. The molecule has 3 rings (SSSR count). The van der Waals surface area contributed by atoms with Gasteiger partial charge in [-0.25, -0.2) is 4.79 Å². The van der Waals surface area contributed by atoms with Crippen LogP contribution in [0.15, 0.2) is 34.1 Å². The summed E-state index contributed by atoms with van der Waals surface area (Å²) in [5.74, 6) is 0.0823. The summed E-state index contributed by atoms with van der Waals surface area (Å²) in [5, 5.41) is 4.17. The van der Waals surface area contributed by atoms with Crippen LogP contribution >= 0.6 is 23.4 Å². The summed E-state index contributed by atoms with van der Waals surface area (Å²) in [4.78, 5) is 31.3. The van der Waals surface area contributed by atoms with E-state index in [0.717, 1.165) is 43.5 Å². The van der Waals surface area contributed by atoms with Crippen molar-refractivity contribution in [2.45, 2.75) is 37.3 Å². The van der Waals surface area contributed by atoms with Gasteiger partial charge in [0.05, 0.1) is 5.75 Å². The number of nitrogens with zero attached hydrogens (tertiary/aromatic N) is 3. The number of nitrogens with one attached hydrogen (secondary N) is 1. The minimum Gasteiger partial charge on any atom is -0.325 e. The molecule has 0 bridgehead atoms. The molecule has 0 saturated heterocycles. The number of hydrogen-bond acceptors (Lipinski definition) is 5. The minimum atomic E-state index is -0.219. The molecular weight excluding hydrogens is 396 g/mol. The van der Waals surface area contributed by atoms with Crippen molar-refractivity contribution in [2.24, 2.45) is 0 Å². The van der Waals surface area contributed by atoms with Gasteiger partial charge in [-0.1, -0.05) is 23.4 Å². The zero-order valence-electron chi connectivity index (χ0n) is 16.2. The highest BCUT2D eigenvalue weighted by molar-refractivity contribution is 8.00. The van der Waals surface area contributed by atoms with Crippen LogP contribution in [0, 0.1) is 0 Å². The number of anilines is 1. The maximum atomic E-state index is 12.6. The number of likely N-dealkylation sites (N-methyl/N-ethyl adjacent to an activating group) is 1. The Labute approximate surface area is 174 Å². The van der Waals surface area contributed by atoms with Crippen molar-refractivity contribution in [2.75, 3.05) is 31.7 Å². The normalized spacial score (nSPS) is 13.4. The smallest absolute Gasteiger partial charge is 0.325 e. The van der Waals surface area contributed by atoms with Crippen LogP contribution in [0.1, 0.15) is 24.1 Å². The van der Waals surface area contributed by atoms with Gasteiger partial charge in [0, 0.05) is 35.1 Å². The first kappa shape index (κ1) is 20.9. The molecule has 0 aliphatic heterocycles. The molecule has 1 aliphatic rings. The molecular formula is C20H25ClN4O2S. The van der Waals surface area contributed by atoms with Crippen LogP contribution < -0.4 is 11.0 Å². The Kier molecular flexibility index (Phi) is 7.15. The third kappa shape index (κ3) is 5.37. The van der Waals surface area contributed by atoms with E-state index in [2.05, 4.69) is 15.2 Å². The third-order valence-electron chi connectivity index (χ3n) is 4.69. The predicted octanol–water partition coefficient (Wildman–Crippen LogP) is 3.07. The molecule has 8 heteroatoms. The Bertz CT molecular complexity index is 896. The topological polar surface area (TPSA) is 67.2 Å². The van der Waals surface area contributed by atoms with Gasteiger partial charge in [0.15, 0.2) is 0 Å². The first-order valence-corrected chi connectivity index (χ1v) is 10.8. The van der Waals surface area contributed by atoms with Gasteiger partial charge in [-0.3, -0.25) is 9.36 Å². The average Bonchev–Trinajstić information content (AvgIpc) is 2.67. The van der Waals surface area contributed by atoms with Gasteiger partial charge >= 0.3 is 5.69 Å². The maximum absolute atomic E-state index is 12.6. The van der Waals surface area contributed by atoms with E-state index >= 15 is 0 Å². The zero-order chi connectivity index (χ0) is 20.1. The number of carbonyl (C=O) groups is 1. The summed E-state index contributed by atoms with van der Waals surface area (Å²) in [6, 6.07) is 6.99. The number of carbonyl (C=O) groups excluding carboxylic acids is 1. The molecule has 0 spiro atoms. The van der Waals surface area contributed by atoms with Crippen LogP contribution in [0.25, 0.3) is 0 Å². The molecule has 6 nitrogen and oxygen atoms in total. The number of fused-ring (bicyclic) bond motifs is 1. The SMILES string of the molecule is CN(C)CCn1c2c(c(SCC(=O)Nc3ccc(Cl)cc3)nc1=O)CCCC2. The summed E-state index contributed by atoms with van der Waals surface area (Å²) in [7, 11) is 3.99. The van der Waals surface area contributed by atoms with Gasteiger partial charge in [-0.2, -0.15) is 4.98 Å². The summed E-state index contributed by atoms with van der Waals surface area (Å²) < 4.78 is 1.81. The largest absolute Gasteiger partial charge is 0.348 e. The Balaban J connectivity index is 1.73. The molecule has 1 N–H and O–H groups in total. The van der Waals surface area contributed by atoms with Gasteiger partial charge in [0.1, 0.15) is 5.03 Å². The second kappa shape index (κ2) is 9.58. The fraction of sp³-hybridized carbons (Fsp3) is 0.450. The summed E-state index contributed by atoms with van der Waals surface area (Å²) in [6.07, 6.45) is 3.97. The quantitative estimate of drug-likeness (QED) is 0.550. The van der Waals surface area contributed by atoms with Crippen molar-refractivity contribution in [3.05, 3.63) is 51.0 Å². The molecule has 2 aromatic rings. The molecule has 1 amide bonds. The Morgan fingerprint density at radius 2 is 1.96 bits per heavy atom. The van der Waals surface area contributed by atoms with Crippen molar-refractivity contribution < 1.29 is 4.79 Å². The van der Waals surface area contributed by atoms with Gasteiger partial charge in [-0.15, -0.1) is 0 Å². The van der Waals surface area contributed by atoms with Gasteiger partial charge in [0.25, 0.3) is 0 Å². The highest BCUT2D eigenvalue weighted by Crippen LogP contribution is 2.28. The summed E-state index contributed by atoms with van der Waals surface area (Å²) in [5.41, 5.74) is 2.70. The molecule has 0 atom stereocenters. The Hall–Kier alpha value is -1.83. The first-order valence-electron chi connectivity index (χ1n) is 9.39. The van der Waals surface area contributed by atoms with Crippen molar-refractivity contribution in [3.8, 4) is 0 Å². The second-order valence-corrected chi connectivity index (χ2v) is 8.53. The monoisotopic (exact) mass is 420 g/mol. The molecule has 28 heavy (non-hydrogen) atoms. The van der Waals surface area contributed by atoms with Gasteiger partial charge in [-0.05, 0) is 64.0 Å². The number of rotatable bonds is 7. The fourth-order valence-electron chi connectivity index (χ4n) is 3.26. The fourth-order valence-corrected chi connectivity index (χ4v) is 4.26. The highest BCUT2D eigenvalue weighted by Gasteiger charge is 2.21. The lowest BCUT2D eigenvalue weighted by molar-refractivity contribution is -0.113. The van der Waals surface area contributed by atoms with Crippen LogP contribution in [0.2, 0.25) is 5.02 Å². The van der Waals surface area contributed by atoms with Crippen molar-refractivity contribution in [1.29, 1.82) is 0 Å². The lowest BCUT2D eigenvalue weighted by Gasteiger charge is -2.23. The molecule has 150 valence electrons. The summed E-state index contributed by atoms with van der Waals surface area (Å²) in [6.45, 7) is 1.44. The minimum absolute atomic E-state index is 0.129. The first-order chi connectivity index (χ1) is 13.4. The lowest BCUT2D eigenvalue weighted by atomic mass is 9.97. The molecule has 1 aliphatic carbocycles. The van der Waals surface area contributed by atoms with E-state index in [-0.39, 0.29) is 17.3 Å². The summed E-state index contributed by atoms with van der Waals surface area (Å²) >= 11 is 7.20. The molecule has 1 aromatic carbocycles. The van der Waals surface area contributed by atoms with E-state index in [1.165, 1.54) is 11.8 Å². The molecule has 0 saturated carbocycles. The number of thioether (sulfide) groups is 1. The van der Waals surface area contributed by atoms with E-state index in [1.807, 2.05) is 18.7 Å². The van der Waals surface area contributed by atoms with E-state index < -0.39 is 0 Å². The molecule has 1 aromatic heterocycles. The number of aromatic nitrogens is 2. The van der Waals surface area contributed by atoms with Crippen molar-refractivity contribution in [3.63, 3.8) is 0 Å². The van der Waals surface area contributed by atoms with Gasteiger partial charge < -0.3 is 10.2 Å². The highest BCUT2D eigenvalue weighted by atomic mass is 35.5. The van der Waals surface area contributed by atoms with Gasteiger partial charge in [0.2, 0.25) is 5.91 Å². The molecule has 0 fully saturated rings. The predicted molar refractivity (Wildman–Crippen MR) is 114 cm³/mol. The van der Waals surface area contributed by atoms with E-state index in [4.69, 9.17) is 11.6 Å². The van der Waals surface area contributed by atoms with Crippen LogP contribution in [-0.4, -0.2) is 46.8 Å². The van der Waals surface area contributed by atoms with E-state index in [1.54, 1.807) is 24.3 Å². The lowest BCUT2D eigenvalue weighted by Crippen LogP contribution is -2.33. The van der Waals surface area contributed by atoms with Crippen LogP contribution in [0.3, 0.4) is 0 Å². The Morgan fingerprint density at radius 1 is 1.25 bits per heavy atom. The van der Waals surface area contributed by atoms with Crippen LogP contribution in [0.4, 0.5) is 5.69 Å².